The molecule has 3 rings (SSSR count). The van der Waals surface area contributed by atoms with Gasteiger partial charge in [0.2, 0.25) is 11.8 Å². The molecule has 0 radical (unpaired) electrons. The largest absolute Gasteiger partial charge is 0.390 e. The summed E-state index contributed by atoms with van der Waals surface area (Å²) < 4.78 is 56.5. The molecule has 1 heterocycles. The van der Waals surface area contributed by atoms with Gasteiger partial charge in [-0.2, -0.15) is 0 Å². The standard InChI is InChI=1S/C26H28F3N3O4S2/c1-16(30-17(2)33)26(35)31-23(11-18-7-4-3-5-8-18)24(34)15-32(14-19-9-6-10-37-19)38(36)25-13-21(28)20(27)12-22(25)29/h3-10,12-13,16,23-24,34H,11,14-15H2,1-2H3,(H,30,33)(H,31,35). The van der Waals surface area contributed by atoms with Crippen LogP contribution in [0.1, 0.15) is 24.3 Å². The maximum Gasteiger partial charge on any atom is 0.242 e. The van der Waals surface area contributed by atoms with Crippen LogP contribution in [0, 0.1) is 17.5 Å². The SMILES string of the molecule is CC(=O)NC(C)C(=O)NC(Cc1ccccc1)C(O)CN(Cc1cccs1)S(=O)c1cc(F)c(F)cc1F. The first-order chi connectivity index (χ1) is 18.0. The molecule has 0 spiro atoms. The molecule has 0 saturated carbocycles. The number of carbonyl (C=O) groups excluding carboxylic acids is 2. The van der Waals surface area contributed by atoms with E-state index in [-0.39, 0.29) is 19.5 Å². The van der Waals surface area contributed by atoms with E-state index in [1.165, 1.54) is 29.5 Å². The first-order valence-corrected chi connectivity index (χ1v) is 13.7. The summed E-state index contributed by atoms with van der Waals surface area (Å²) in [6, 6.07) is 11.6. The third kappa shape index (κ3) is 8.22. The Labute approximate surface area is 225 Å². The number of hydrogen-bond acceptors (Lipinski definition) is 5. The van der Waals surface area contributed by atoms with Gasteiger partial charge >= 0.3 is 0 Å². The molecule has 4 unspecified atom stereocenters. The number of aliphatic hydroxyl groups excluding tert-OH is 1. The van der Waals surface area contributed by atoms with Crippen LogP contribution in [0.15, 0.2) is 64.9 Å². The molecule has 2 aromatic carbocycles. The maximum absolute atomic E-state index is 14.5. The number of rotatable bonds is 12. The van der Waals surface area contributed by atoms with Crippen LogP contribution in [0.25, 0.3) is 0 Å². The molecule has 204 valence electrons. The molecule has 12 heteroatoms. The van der Waals surface area contributed by atoms with Crippen LogP contribution in [0.3, 0.4) is 0 Å². The highest BCUT2D eigenvalue weighted by Gasteiger charge is 2.30. The second-order valence-corrected chi connectivity index (χ2v) is 11.1. The Hall–Kier alpha value is -3.06. The van der Waals surface area contributed by atoms with Crippen molar-refractivity contribution >= 4 is 34.1 Å². The van der Waals surface area contributed by atoms with Gasteiger partial charge in [0.15, 0.2) is 11.6 Å². The summed E-state index contributed by atoms with van der Waals surface area (Å²) in [4.78, 5) is 24.3. The highest BCUT2D eigenvalue weighted by atomic mass is 32.2. The van der Waals surface area contributed by atoms with E-state index in [1.807, 2.05) is 6.07 Å². The Balaban J connectivity index is 1.88. The van der Waals surface area contributed by atoms with Crippen LogP contribution in [0.2, 0.25) is 0 Å². The highest BCUT2D eigenvalue weighted by molar-refractivity contribution is 7.82. The van der Waals surface area contributed by atoms with Crippen molar-refractivity contribution in [1.82, 2.24) is 14.9 Å². The van der Waals surface area contributed by atoms with E-state index < -0.39 is 63.3 Å². The summed E-state index contributed by atoms with van der Waals surface area (Å²) >= 11 is 1.34. The predicted molar refractivity (Wildman–Crippen MR) is 139 cm³/mol. The van der Waals surface area contributed by atoms with Crippen molar-refractivity contribution in [3.05, 3.63) is 87.9 Å². The lowest BCUT2D eigenvalue weighted by atomic mass is 10.0. The fourth-order valence-electron chi connectivity index (χ4n) is 3.71. The Morgan fingerprint density at radius 2 is 1.71 bits per heavy atom. The zero-order valence-electron chi connectivity index (χ0n) is 20.7. The number of thiophene rings is 1. The molecule has 0 bridgehead atoms. The fraction of sp³-hybridized carbons (Fsp3) is 0.308. The Morgan fingerprint density at radius 3 is 2.34 bits per heavy atom. The average molecular weight is 568 g/mol. The number of nitrogens with one attached hydrogen (secondary N) is 2. The Morgan fingerprint density at radius 1 is 1.03 bits per heavy atom. The lowest BCUT2D eigenvalue weighted by Crippen LogP contribution is -2.54. The first-order valence-electron chi connectivity index (χ1n) is 11.7. The van der Waals surface area contributed by atoms with Gasteiger partial charge in [0, 0.05) is 31.0 Å². The number of benzene rings is 2. The van der Waals surface area contributed by atoms with Crippen LogP contribution in [0.5, 0.6) is 0 Å². The molecule has 3 aromatic rings. The van der Waals surface area contributed by atoms with Gasteiger partial charge in [-0.25, -0.2) is 21.7 Å². The molecule has 0 fully saturated rings. The average Bonchev–Trinajstić information content (AvgIpc) is 3.38. The minimum Gasteiger partial charge on any atom is -0.390 e. The van der Waals surface area contributed by atoms with E-state index in [9.17, 15) is 32.1 Å². The minimum absolute atomic E-state index is 0.00801. The molecule has 0 aliphatic heterocycles. The lowest BCUT2D eigenvalue weighted by Gasteiger charge is -2.30. The van der Waals surface area contributed by atoms with Crippen LogP contribution < -0.4 is 10.6 Å². The zero-order chi connectivity index (χ0) is 27.8. The summed E-state index contributed by atoms with van der Waals surface area (Å²) in [5.41, 5.74) is 0.793. The van der Waals surface area contributed by atoms with Crippen molar-refractivity contribution in [2.45, 2.75) is 49.9 Å². The van der Waals surface area contributed by atoms with Gasteiger partial charge in [0.1, 0.15) is 22.8 Å². The number of carbonyl (C=O) groups is 2. The summed E-state index contributed by atoms with van der Waals surface area (Å²) in [6.07, 6.45) is -1.12. The highest BCUT2D eigenvalue weighted by Crippen LogP contribution is 2.23. The topological polar surface area (TPSA) is 98.7 Å². The zero-order valence-corrected chi connectivity index (χ0v) is 22.3. The van der Waals surface area contributed by atoms with Crippen molar-refractivity contribution in [3.8, 4) is 0 Å². The molecular formula is C26H28F3N3O4S2. The van der Waals surface area contributed by atoms with Crippen LogP contribution in [-0.2, 0) is 33.5 Å². The molecule has 38 heavy (non-hydrogen) atoms. The summed E-state index contributed by atoms with van der Waals surface area (Å²) in [7, 11) is -2.32. The van der Waals surface area contributed by atoms with E-state index in [0.717, 1.165) is 10.4 Å². The second-order valence-electron chi connectivity index (χ2n) is 8.64. The van der Waals surface area contributed by atoms with Crippen LogP contribution in [-0.4, -0.2) is 50.2 Å². The summed E-state index contributed by atoms with van der Waals surface area (Å²) in [5.74, 6) is -4.90. The molecule has 0 saturated heterocycles. The minimum atomic E-state index is -2.32. The predicted octanol–water partition coefficient (Wildman–Crippen LogP) is 3.30. The summed E-state index contributed by atoms with van der Waals surface area (Å²) in [5, 5.41) is 18.2. The van der Waals surface area contributed by atoms with E-state index in [4.69, 9.17) is 0 Å². The monoisotopic (exact) mass is 567 g/mol. The molecule has 2 amide bonds. The van der Waals surface area contributed by atoms with Crippen molar-refractivity contribution in [2.75, 3.05) is 6.54 Å². The van der Waals surface area contributed by atoms with Gasteiger partial charge < -0.3 is 15.7 Å². The number of halogens is 3. The molecule has 1 aromatic heterocycles. The van der Waals surface area contributed by atoms with Gasteiger partial charge in [0.25, 0.3) is 0 Å². The number of amides is 2. The third-order valence-electron chi connectivity index (χ3n) is 5.60. The fourth-order valence-corrected chi connectivity index (χ4v) is 5.76. The van der Waals surface area contributed by atoms with E-state index in [2.05, 4.69) is 10.6 Å². The quantitative estimate of drug-likeness (QED) is 0.293. The van der Waals surface area contributed by atoms with Gasteiger partial charge in [-0.1, -0.05) is 36.4 Å². The molecule has 0 aliphatic carbocycles. The maximum atomic E-state index is 14.5. The number of aliphatic hydroxyl groups is 1. The number of nitrogens with zero attached hydrogens (tertiary/aromatic N) is 1. The summed E-state index contributed by atoms with van der Waals surface area (Å²) in [6.45, 7) is 2.46. The second kappa shape index (κ2) is 13.7. The number of hydrogen-bond donors (Lipinski definition) is 3. The van der Waals surface area contributed by atoms with Crippen molar-refractivity contribution < 1.29 is 32.1 Å². The normalized spacial score (nSPS) is 14.5. The van der Waals surface area contributed by atoms with Gasteiger partial charge in [0.05, 0.1) is 17.0 Å². The van der Waals surface area contributed by atoms with Crippen molar-refractivity contribution in [3.63, 3.8) is 0 Å². The van der Waals surface area contributed by atoms with Crippen molar-refractivity contribution in [1.29, 1.82) is 0 Å². The van der Waals surface area contributed by atoms with E-state index in [1.54, 1.807) is 41.8 Å². The first kappa shape index (κ1) is 29.5. The van der Waals surface area contributed by atoms with Gasteiger partial charge in [-0.15, -0.1) is 11.3 Å². The molecular weight excluding hydrogens is 539 g/mol. The van der Waals surface area contributed by atoms with Crippen LogP contribution >= 0.6 is 11.3 Å². The molecule has 4 atom stereocenters. The van der Waals surface area contributed by atoms with Crippen LogP contribution in [0.4, 0.5) is 13.2 Å². The van der Waals surface area contributed by atoms with E-state index in [0.29, 0.717) is 12.1 Å². The van der Waals surface area contributed by atoms with Gasteiger partial charge in [-0.3, -0.25) is 9.59 Å². The molecule has 0 aliphatic rings. The molecule has 3 N–H and O–H groups in total. The Kier molecular flexibility index (Phi) is 10.6. The Bertz CT molecular complexity index is 1260. The lowest BCUT2D eigenvalue weighted by molar-refractivity contribution is -0.128. The van der Waals surface area contributed by atoms with E-state index >= 15 is 0 Å². The third-order valence-corrected chi connectivity index (χ3v) is 7.90. The van der Waals surface area contributed by atoms with Crippen molar-refractivity contribution in [2.24, 2.45) is 0 Å². The smallest absolute Gasteiger partial charge is 0.242 e. The molecule has 7 nitrogen and oxygen atoms in total. The van der Waals surface area contributed by atoms with Gasteiger partial charge in [-0.05, 0) is 36.4 Å².